The largest absolute Gasteiger partial charge is 0.444 e. The van der Waals surface area contributed by atoms with Gasteiger partial charge in [0.1, 0.15) is 53.9 Å². The maximum Gasteiger partial charge on any atom is 0.408 e. The van der Waals surface area contributed by atoms with E-state index in [1.165, 1.54) is 38.1 Å². The number of Topliss-reactive ketones (excluding diaryl/α,β-unsaturated/α-hetero) is 1. The summed E-state index contributed by atoms with van der Waals surface area (Å²) in [5, 5.41) is 72.3. The number of nitrogens with one attached hydrogen (secondary N) is 11. The number of guanidine groups is 1. The fraction of sp³-hybridized carbons (Fsp3) is 0.712. The van der Waals surface area contributed by atoms with Gasteiger partial charge in [-0.25, -0.2) is 4.79 Å². The minimum atomic E-state index is -1.98. The van der Waals surface area contributed by atoms with Crippen molar-refractivity contribution in [3.63, 3.8) is 0 Å². The zero-order valence-electron chi connectivity index (χ0n) is 59.5. The topological polar surface area (TPSA) is 492 Å². The quantitative estimate of drug-likeness (QED) is 0.0380. The van der Waals surface area contributed by atoms with E-state index < -0.39 is 203 Å². The van der Waals surface area contributed by atoms with Gasteiger partial charge in [0, 0.05) is 13.0 Å². The minimum Gasteiger partial charge on any atom is -0.444 e. The Morgan fingerprint density at radius 2 is 1.10 bits per heavy atom. The lowest BCUT2D eigenvalue weighted by Gasteiger charge is -2.34. The number of amides is 11. The van der Waals surface area contributed by atoms with Crippen molar-refractivity contribution in [3.05, 3.63) is 35.9 Å². The highest BCUT2D eigenvalue weighted by molar-refractivity contribution is 6.00. The first-order chi connectivity index (χ1) is 44.8. The van der Waals surface area contributed by atoms with E-state index in [0.717, 1.165) is 13.8 Å². The molecule has 15 atom stereocenters. The third kappa shape index (κ3) is 30.1. The number of aliphatic hydroxyl groups excluding tert-OH is 4. The Kier molecular flexibility index (Phi) is 34.0. The molecule has 19 N–H and O–H groups in total. The fourth-order valence-electron chi connectivity index (χ4n) is 10.4. The van der Waals surface area contributed by atoms with Gasteiger partial charge < -0.3 is 95.1 Å². The van der Waals surface area contributed by atoms with Crippen LogP contribution >= 0.6 is 0 Å². The standard InChI is InChI=1S/C66H112N14O17/c1-18-35(6)47-59(93)78-48(36(7)82)58(92)70-31-46(85)76-49(37(8)83)60(94)74-44(32-81)57(91)79-50(38-23-20-19-21-24-38)39(28-45(84)42(29-64(9,10)11)73-56(90)43(30-65(12,13)14)75-63(96)97-66(15,16)17)53(87)80-51(52(86)34(4)5)61(95)72-41(27-33(2)3)55(89)71-40(54(88)77-47)25-22-26-69-62(67)68/h19-21,23-24,33-37,39-44,47-52,81-83,86H,18,22,25-32H2,1-17H3,(H,70,92)(H,71,89)(H,72,95)(H,73,90)(H,74,94)(H,75,96)(H,76,85)(H,77,88)(H,78,93)(H,79,91)(H,80,87)(H4,67,68,69)/t35-,36-,37+,39-,40+,41-,42-,43+,44-,47-,48-,49?,50+,51-,52+/m0/s1. The molecule has 0 aromatic heterocycles. The highest BCUT2D eigenvalue weighted by atomic mass is 16.6. The third-order valence-corrected chi connectivity index (χ3v) is 15.7. The summed E-state index contributed by atoms with van der Waals surface area (Å²) in [4.78, 5) is 178. The molecule has 1 aliphatic rings. The number of ether oxygens (including phenoxy) is 1. The molecule has 1 heterocycles. The lowest BCUT2D eigenvalue weighted by atomic mass is 9.81. The average Bonchev–Trinajstić information content (AvgIpc) is 0.815. The molecule has 1 unspecified atom stereocenters. The number of aliphatic hydroxyl groups is 4. The first-order valence-corrected chi connectivity index (χ1v) is 33.1. The number of hydrogen-bond donors (Lipinski definition) is 17. The lowest BCUT2D eigenvalue weighted by molar-refractivity contribution is -0.140. The van der Waals surface area contributed by atoms with Crippen LogP contribution in [0.1, 0.15) is 174 Å². The van der Waals surface area contributed by atoms with Gasteiger partial charge in [0.25, 0.3) is 0 Å². The Morgan fingerprint density at radius 1 is 0.608 bits per heavy atom. The molecule has 11 amide bonds. The van der Waals surface area contributed by atoms with Gasteiger partial charge in [-0.05, 0) is 101 Å². The van der Waals surface area contributed by atoms with Crippen LogP contribution in [0.25, 0.3) is 0 Å². The molecular formula is C66H112N14O17. The Balaban J connectivity index is 3.17. The molecule has 97 heavy (non-hydrogen) atoms. The van der Waals surface area contributed by atoms with Crippen LogP contribution in [0.15, 0.2) is 35.3 Å². The van der Waals surface area contributed by atoms with Crippen molar-refractivity contribution in [2.75, 3.05) is 19.7 Å². The van der Waals surface area contributed by atoms with Crippen LogP contribution in [0.2, 0.25) is 0 Å². The zero-order chi connectivity index (χ0) is 74.2. The van der Waals surface area contributed by atoms with E-state index in [4.69, 9.17) is 16.2 Å². The van der Waals surface area contributed by atoms with Crippen molar-refractivity contribution < 1.29 is 82.7 Å². The second kappa shape index (κ2) is 38.8. The highest BCUT2D eigenvalue weighted by Gasteiger charge is 2.43. The van der Waals surface area contributed by atoms with Crippen molar-refractivity contribution in [2.45, 2.75) is 247 Å². The van der Waals surface area contributed by atoms with Gasteiger partial charge in [-0.2, -0.15) is 0 Å². The van der Waals surface area contributed by atoms with Crippen LogP contribution in [0.5, 0.6) is 0 Å². The number of ketones is 1. The molecule has 548 valence electrons. The molecule has 1 fully saturated rings. The minimum absolute atomic E-state index is 0.0332. The predicted octanol–water partition coefficient (Wildman–Crippen LogP) is -0.890. The maximum absolute atomic E-state index is 15.7. The summed E-state index contributed by atoms with van der Waals surface area (Å²) in [6.07, 6.45) is -6.94. The predicted molar refractivity (Wildman–Crippen MR) is 360 cm³/mol. The number of benzene rings is 1. The van der Waals surface area contributed by atoms with Crippen LogP contribution in [0.3, 0.4) is 0 Å². The SMILES string of the molecule is CC[C@H](C)[C@@H]1NC(=O)[C@@H](CCCN=C(N)N)NC(=O)[C@H](CC(C)C)NC(=O)[C@H]([C@H](O)C(C)C)NC(=O)[C@@H](CC(=O)[C@H](CC(C)(C)C)NC(=O)[C@@H](CC(C)(C)C)NC(=O)OC(C)(C)C)[C@@H](c2ccccc2)NC(=O)[C@H](CO)NC(=O)C([C@@H](C)O)NC(=O)CNC(=O)[C@H]([C@H](C)O)NC1=O. The van der Waals surface area contributed by atoms with Crippen molar-refractivity contribution in [1.29, 1.82) is 0 Å². The molecular weight excluding hydrogens is 1260 g/mol. The number of aliphatic imine (C=N–C) groups is 1. The van der Waals surface area contributed by atoms with E-state index in [1.807, 2.05) is 20.8 Å². The van der Waals surface area contributed by atoms with Gasteiger partial charge in [-0.15, -0.1) is 0 Å². The molecule has 1 aromatic carbocycles. The molecule has 31 nitrogen and oxygen atoms in total. The van der Waals surface area contributed by atoms with Gasteiger partial charge in [-0.1, -0.05) is 120 Å². The summed E-state index contributed by atoms with van der Waals surface area (Å²) in [6, 6.07) is -8.93. The first kappa shape index (κ1) is 85.1. The Labute approximate surface area is 569 Å². The smallest absolute Gasteiger partial charge is 0.408 e. The number of carbonyl (C=O) groups is 12. The summed E-state index contributed by atoms with van der Waals surface area (Å²) >= 11 is 0. The molecule has 1 aliphatic heterocycles. The fourth-order valence-corrected chi connectivity index (χ4v) is 10.4. The van der Waals surface area contributed by atoms with Gasteiger partial charge in [-0.3, -0.25) is 57.7 Å². The monoisotopic (exact) mass is 1370 g/mol. The van der Waals surface area contributed by atoms with E-state index in [1.54, 1.807) is 75.3 Å². The van der Waals surface area contributed by atoms with Crippen molar-refractivity contribution in [1.82, 2.24) is 58.5 Å². The second-order valence-electron chi connectivity index (χ2n) is 29.2. The molecule has 0 spiro atoms. The molecule has 31 heteroatoms. The number of rotatable bonds is 22. The number of carbonyl (C=O) groups excluding carboxylic acids is 12. The van der Waals surface area contributed by atoms with Crippen LogP contribution in [-0.2, 0) is 57.5 Å². The Hall–Kier alpha value is -8.03. The van der Waals surface area contributed by atoms with Crippen LogP contribution in [0, 0.1) is 34.5 Å². The molecule has 1 saturated heterocycles. The molecule has 0 radical (unpaired) electrons. The summed E-state index contributed by atoms with van der Waals surface area (Å²) in [5.41, 5.74) is 8.98. The van der Waals surface area contributed by atoms with Crippen molar-refractivity contribution in [3.8, 4) is 0 Å². The number of hydrogen-bond acceptors (Lipinski definition) is 18. The van der Waals surface area contributed by atoms with E-state index in [9.17, 15) is 63.6 Å². The van der Waals surface area contributed by atoms with Crippen LogP contribution in [0.4, 0.5) is 4.79 Å². The summed E-state index contributed by atoms with van der Waals surface area (Å²) in [5.74, 6) is -15.5. The van der Waals surface area contributed by atoms with E-state index in [2.05, 4.69) is 63.5 Å². The van der Waals surface area contributed by atoms with E-state index in [0.29, 0.717) is 0 Å². The normalized spacial score (nSPS) is 24.2. The number of nitrogens with zero attached hydrogens (tertiary/aromatic N) is 1. The Morgan fingerprint density at radius 3 is 1.62 bits per heavy atom. The average molecular weight is 1370 g/mol. The zero-order valence-corrected chi connectivity index (χ0v) is 59.5. The van der Waals surface area contributed by atoms with Gasteiger partial charge >= 0.3 is 6.09 Å². The summed E-state index contributed by atoms with van der Waals surface area (Å²) in [6.45, 7) is 25.6. The van der Waals surface area contributed by atoms with E-state index >= 15 is 14.4 Å². The number of nitrogens with two attached hydrogens (primary N) is 2. The summed E-state index contributed by atoms with van der Waals surface area (Å²) in [7, 11) is 0. The van der Waals surface area contributed by atoms with Crippen molar-refractivity contribution in [2.24, 2.45) is 51.0 Å². The molecule has 1 aromatic rings. The summed E-state index contributed by atoms with van der Waals surface area (Å²) < 4.78 is 5.49. The van der Waals surface area contributed by atoms with Gasteiger partial charge in [0.2, 0.25) is 59.1 Å². The van der Waals surface area contributed by atoms with Gasteiger partial charge in [0.15, 0.2) is 11.7 Å². The molecule has 2 rings (SSSR count). The third-order valence-electron chi connectivity index (χ3n) is 15.7. The van der Waals surface area contributed by atoms with Crippen molar-refractivity contribution >= 4 is 76.9 Å². The Bertz CT molecular complexity index is 2870. The maximum atomic E-state index is 15.7. The number of alkyl carbamates (subject to hydrolysis) is 1. The lowest BCUT2D eigenvalue weighted by Crippen LogP contribution is -2.63. The van der Waals surface area contributed by atoms with Crippen LogP contribution < -0.4 is 70.0 Å². The first-order valence-electron chi connectivity index (χ1n) is 33.1. The highest BCUT2D eigenvalue weighted by Crippen LogP contribution is 2.30. The molecule has 0 bridgehead atoms. The molecule has 0 aliphatic carbocycles. The molecule has 0 saturated carbocycles. The second-order valence-corrected chi connectivity index (χ2v) is 29.2. The van der Waals surface area contributed by atoms with Gasteiger partial charge in [0.05, 0.1) is 49.5 Å². The van der Waals surface area contributed by atoms with Crippen LogP contribution in [-0.4, -0.2) is 195 Å². The van der Waals surface area contributed by atoms with E-state index in [-0.39, 0.29) is 62.5 Å².